The minimum Gasteiger partial charge on any atom is -0.396 e. The first kappa shape index (κ1) is 52.9. The molecule has 0 saturated heterocycles. The van der Waals surface area contributed by atoms with Crippen molar-refractivity contribution < 1.29 is 69.3 Å². The molecule has 8 N–H and O–H groups in total. The van der Waals surface area contributed by atoms with Crippen LogP contribution < -0.4 is 16.0 Å². The van der Waals surface area contributed by atoms with Gasteiger partial charge in [0.15, 0.2) is 0 Å². The summed E-state index contributed by atoms with van der Waals surface area (Å²) < 4.78 is 83.3. The van der Waals surface area contributed by atoms with Crippen LogP contribution in [-0.2, 0) is 65.4 Å². The average molecular weight is 986 g/mol. The number of hydrogen-bond donors (Lipinski definition) is 8. The lowest BCUT2D eigenvalue weighted by Gasteiger charge is -2.26. The molecular weight excluding hydrogens is 933 g/mol. The van der Waals surface area contributed by atoms with Crippen LogP contribution in [-0.4, -0.2) is 116 Å². The first-order chi connectivity index (χ1) is 30.8. The van der Waals surface area contributed by atoms with Crippen LogP contribution in [0.4, 0.5) is 5.69 Å². The van der Waals surface area contributed by atoms with Crippen LogP contribution in [0.15, 0.2) is 109 Å². The third kappa shape index (κ3) is 18.6. The van der Waals surface area contributed by atoms with E-state index in [-0.39, 0.29) is 36.3 Å². The van der Waals surface area contributed by atoms with Gasteiger partial charge in [0.2, 0.25) is 17.7 Å². The number of sulfonamides is 2. The summed E-state index contributed by atoms with van der Waals surface area (Å²) in [6, 6.07) is 16.6. The van der Waals surface area contributed by atoms with Gasteiger partial charge in [0.05, 0.1) is 61.2 Å². The van der Waals surface area contributed by atoms with Gasteiger partial charge in [-0.25, -0.2) is 4.98 Å². The molecule has 0 spiro atoms. The van der Waals surface area contributed by atoms with Gasteiger partial charge in [-0.3, -0.25) is 28.0 Å². The number of imidazole rings is 1. The average Bonchev–Trinajstić information content (AvgIpc) is 3.79. The molecule has 0 saturated carbocycles. The molecule has 3 aromatic carbocycles. The Morgan fingerprint density at radius 2 is 1.26 bits per heavy atom. The predicted molar refractivity (Wildman–Crippen MR) is 238 cm³/mol. The molecular formula is C39H53N7O15P2S2. The number of carbonyl (C=O) groups is 3. The molecule has 356 valence electrons. The van der Waals surface area contributed by atoms with E-state index in [9.17, 15) is 51.2 Å². The van der Waals surface area contributed by atoms with E-state index < -0.39 is 110 Å². The van der Waals surface area contributed by atoms with Gasteiger partial charge in [-0.1, -0.05) is 56.3 Å². The molecule has 4 atom stereocenters. The number of nitrogens with zero attached hydrogens (tertiary/aromatic N) is 3. The van der Waals surface area contributed by atoms with Gasteiger partial charge in [0, 0.05) is 44.0 Å². The van der Waals surface area contributed by atoms with Crippen molar-refractivity contribution in [1.82, 2.24) is 20.6 Å². The van der Waals surface area contributed by atoms with Crippen molar-refractivity contribution in [2.45, 2.75) is 67.8 Å². The Labute approximate surface area is 376 Å². The number of aliphatic hydroxyl groups is 2. The molecule has 0 fully saturated rings. The molecule has 0 aliphatic rings. The van der Waals surface area contributed by atoms with Crippen molar-refractivity contribution in [2.24, 2.45) is 8.30 Å². The number of H-pyrrole nitrogens is 1. The van der Waals surface area contributed by atoms with E-state index >= 15 is 0 Å². The maximum Gasteiger partial charge on any atom is 0.368 e. The molecule has 4 unspecified atom stereocenters. The summed E-state index contributed by atoms with van der Waals surface area (Å²) >= 11 is 0. The monoisotopic (exact) mass is 985 g/mol. The quantitative estimate of drug-likeness (QED) is 0.0314. The lowest BCUT2D eigenvalue weighted by Crippen LogP contribution is -2.42. The molecule has 0 aliphatic carbocycles. The topological polar surface area (TPSA) is 327 Å². The number of aryl methyl sites for hydroxylation is 3. The second-order valence-electron chi connectivity index (χ2n) is 14.2. The van der Waals surface area contributed by atoms with Gasteiger partial charge in [0.25, 0.3) is 20.0 Å². The van der Waals surface area contributed by atoms with E-state index in [0.717, 1.165) is 23.3 Å². The Morgan fingerprint density at radius 3 is 1.78 bits per heavy atom. The molecule has 1 aromatic heterocycles. The van der Waals surface area contributed by atoms with Crippen LogP contribution in [0.5, 0.6) is 0 Å². The fourth-order valence-corrected chi connectivity index (χ4v) is 11.7. The zero-order valence-electron chi connectivity index (χ0n) is 35.4. The first-order valence-corrected chi connectivity index (χ1v) is 25.8. The Morgan fingerprint density at radius 1 is 0.738 bits per heavy atom. The zero-order valence-corrected chi connectivity index (χ0v) is 38.8. The number of nitrogens with one attached hydrogen (secondary N) is 4. The highest BCUT2D eigenvalue weighted by molar-refractivity contribution is 7.93. The van der Waals surface area contributed by atoms with Crippen LogP contribution in [0.3, 0.4) is 0 Å². The van der Waals surface area contributed by atoms with Crippen LogP contribution in [0.2, 0.25) is 0 Å². The number of aromatic amines is 1. The summed E-state index contributed by atoms with van der Waals surface area (Å²) in [4.78, 5) is 66.9. The van der Waals surface area contributed by atoms with Crippen molar-refractivity contribution in [3.63, 3.8) is 0 Å². The van der Waals surface area contributed by atoms with Crippen molar-refractivity contribution >= 4 is 58.9 Å². The Balaban J connectivity index is 1.65. The predicted octanol–water partition coefficient (Wildman–Crippen LogP) is 3.31. The molecule has 4 aromatic rings. The van der Waals surface area contributed by atoms with Gasteiger partial charge < -0.3 is 45.5 Å². The van der Waals surface area contributed by atoms with Crippen LogP contribution in [0.1, 0.15) is 43.0 Å². The zero-order chi connectivity index (χ0) is 47.5. The van der Waals surface area contributed by atoms with Gasteiger partial charge in [-0.05, 0) is 68.1 Å². The van der Waals surface area contributed by atoms with Crippen LogP contribution in [0.25, 0.3) is 0 Å². The Bertz CT molecular complexity index is 2500. The van der Waals surface area contributed by atoms with E-state index in [2.05, 4.69) is 34.2 Å². The normalized spacial score (nSPS) is 14.6. The minimum atomic E-state index is -5.03. The number of carbonyl (C=O) groups excluding carboxylic acids is 3. The maximum absolute atomic E-state index is 13.7. The lowest BCUT2D eigenvalue weighted by molar-refractivity contribution is -0.123. The first-order valence-electron chi connectivity index (χ1n) is 19.9. The summed E-state index contributed by atoms with van der Waals surface area (Å²) in [5, 5.41) is 27.1. The van der Waals surface area contributed by atoms with Crippen molar-refractivity contribution in [3.05, 3.63) is 108 Å². The fourth-order valence-electron chi connectivity index (χ4n) is 5.41. The summed E-state index contributed by atoms with van der Waals surface area (Å²) in [6.07, 6.45) is 3.19. The van der Waals surface area contributed by atoms with Crippen molar-refractivity contribution in [2.75, 3.05) is 45.0 Å². The second-order valence-corrected chi connectivity index (χ2v) is 21.3. The number of benzene rings is 3. The molecule has 65 heavy (non-hydrogen) atoms. The fraction of sp³-hybridized carbons (Fsp3) is 0.385. The molecule has 0 bridgehead atoms. The standard InChI is InChI=1S/C39H53N7O15P2S2/c1-29-9-15-36(16-10-29)64(54,55)45-62(52,58-22-6-21-47)60-26-35(44-39(51)20-14-33-23-40-28-41-33)27-61-63(53,46-65(56,57)37-17-12-32(13-18-37)42-30(2)49)59-25-34(24-48)43-38(50)19-11-31-7-4-3-5-8-31/h3-5,7-10,12-13,15-18,23,28,34-35,47-48,52-53H,6,11,14,19-22,24-27H2,1-2H3,(H,40,41)(H,42,49)(H,43,50)(H,44,51). The molecule has 0 aliphatic heterocycles. The van der Waals surface area contributed by atoms with Gasteiger partial charge >= 0.3 is 15.5 Å². The van der Waals surface area contributed by atoms with Gasteiger partial charge in [0.1, 0.15) is 0 Å². The third-order valence-electron chi connectivity index (χ3n) is 8.72. The second kappa shape index (κ2) is 25.3. The highest BCUT2D eigenvalue weighted by Gasteiger charge is 2.32. The molecule has 22 nitrogen and oxygen atoms in total. The van der Waals surface area contributed by atoms with Gasteiger partial charge in [-0.15, -0.1) is 0 Å². The Hall–Kier alpha value is -4.68. The molecule has 4 rings (SSSR count). The maximum atomic E-state index is 13.7. The number of aliphatic hydroxyl groups excluding tert-OH is 2. The number of rotatable bonds is 27. The van der Waals surface area contributed by atoms with E-state index in [0.29, 0.717) is 12.1 Å². The largest absolute Gasteiger partial charge is 0.396 e. The van der Waals surface area contributed by atoms with Crippen LogP contribution >= 0.6 is 15.5 Å². The summed E-state index contributed by atoms with van der Waals surface area (Å²) in [5.41, 5.74) is 2.44. The smallest absolute Gasteiger partial charge is 0.368 e. The van der Waals surface area contributed by atoms with E-state index in [4.69, 9.17) is 18.1 Å². The molecule has 26 heteroatoms. The molecule has 0 radical (unpaired) electrons. The highest BCUT2D eigenvalue weighted by Crippen LogP contribution is 2.51. The number of aromatic nitrogens is 2. The lowest BCUT2D eigenvalue weighted by atomic mass is 10.1. The summed E-state index contributed by atoms with van der Waals surface area (Å²) in [7, 11) is -19.3. The molecule has 3 amide bonds. The number of anilines is 1. The molecule has 1 heterocycles. The van der Waals surface area contributed by atoms with Crippen LogP contribution in [0, 0.1) is 6.92 Å². The summed E-state index contributed by atoms with van der Waals surface area (Å²) in [6.45, 7) is -1.03. The van der Waals surface area contributed by atoms with E-state index in [1.807, 2.05) is 30.3 Å². The van der Waals surface area contributed by atoms with Gasteiger partial charge in [-0.2, -0.15) is 16.8 Å². The van der Waals surface area contributed by atoms with Crippen molar-refractivity contribution in [1.29, 1.82) is 0 Å². The number of hydrogen-bond acceptors (Lipinski definition) is 14. The van der Waals surface area contributed by atoms with E-state index in [1.165, 1.54) is 55.8 Å². The Kier molecular flexibility index (Phi) is 20.6. The summed E-state index contributed by atoms with van der Waals surface area (Å²) in [5.74, 6) is -1.59. The SMILES string of the molecule is CC(=O)Nc1ccc(S(=O)(=O)N=P(O)(OCC(CO)NC(=O)CCc2ccccc2)OCC(COP(O)(=NS(=O)(=O)c2ccc(C)cc2)OCCCO)NC(=O)CCc2cnc[nH]2)cc1. The van der Waals surface area contributed by atoms with Crippen molar-refractivity contribution in [3.8, 4) is 0 Å². The third-order valence-corrected chi connectivity index (χ3v) is 15.8. The van der Waals surface area contributed by atoms with E-state index in [1.54, 1.807) is 6.92 Å². The highest BCUT2D eigenvalue weighted by atomic mass is 32.2. The minimum absolute atomic E-state index is 0.00271. The number of amides is 3.